The molecule has 0 saturated carbocycles. The Hall–Kier alpha value is -4.47. The first-order chi connectivity index (χ1) is 17.3. The SMILES string of the molecule is Cn1c(=O)c2c(ncn2CCCC(=O)Nc2ccc(C(=O)N3CCc4ccccc43)cc2)n(C)c1=O. The minimum atomic E-state index is -0.435. The normalized spacial score (nSPS) is 12.7. The van der Waals surface area contributed by atoms with E-state index in [0.717, 1.165) is 16.7 Å². The fourth-order valence-corrected chi connectivity index (χ4v) is 4.60. The second-order valence-corrected chi connectivity index (χ2v) is 8.88. The van der Waals surface area contributed by atoms with Gasteiger partial charge in [-0.2, -0.15) is 0 Å². The first kappa shape index (κ1) is 23.3. The fraction of sp³-hybridized carbons (Fsp3) is 0.269. The van der Waals surface area contributed by atoms with Crippen molar-refractivity contribution in [2.75, 3.05) is 16.8 Å². The molecular weight excluding hydrogens is 460 g/mol. The molecule has 0 atom stereocenters. The lowest BCUT2D eigenvalue weighted by atomic mass is 10.1. The largest absolute Gasteiger partial charge is 0.332 e. The van der Waals surface area contributed by atoms with Crippen molar-refractivity contribution in [3.05, 3.63) is 86.8 Å². The lowest BCUT2D eigenvalue weighted by Gasteiger charge is -2.17. The van der Waals surface area contributed by atoms with E-state index in [9.17, 15) is 19.2 Å². The predicted molar refractivity (Wildman–Crippen MR) is 136 cm³/mol. The van der Waals surface area contributed by atoms with Crippen LogP contribution in [0.1, 0.15) is 28.8 Å². The number of nitrogens with zero attached hydrogens (tertiary/aromatic N) is 5. The fourth-order valence-electron chi connectivity index (χ4n) is 4.60. The first-order valence-electron chi connectivity index (χ1n) is 11.8. The van der Waals surface area contributed by atoms with Gasteiger partial charge < -0.3 is 14.8 Å². The van der Waals surface area contributed by atoms with Crippen LogP contribution in [0.2, 0.25) is 0 Å². The van der Waals surface area contributed by atoms with E-state index < -0.39 is 11.2 Å². The Morgan fingerprint density at radius 2 is 1.75 bits per heavy atom. The summed E-state index contributed by atoms with van der Waals surface area (Å²) in [5.41, 5.74) is 3.09. The lowest BCUT2D eigenvalue weighted by Crippen LogP contribution is -2.37. The van der Waals surface area contributed by atoms with Crippen LogP contribution in [0, 0.1) is 0 Å². The third-order valence-corrected chi connectivity index (χ3v) is 6.57. The summed E-state index contributed by atoms with van der Waals surface area (Å²) in [4.78, 5) is 56.0. The molecule has 4 aromatic rings. The highest BCUT2D eigenvalue weighted by molar-refractivity contribution is 6.07. The van der Waals surface area contributed by atoms with Crippen LogP contribution < -0.4 is 21.5 Å². The first-order valence-corrected chi connectivity index (χ1v) is 11.8. The molecule has 1 aliphatic heterocycles. The molecule has 2 aromatic heterocycles. The Labute approximate surface area is 206 Å². The van der Waals surface area contributed by atoms with Crippen LogP contribution in [0.5, 0.6) is 0 Å². The van der Waals surface area contributed by atoms with E-state index in [1.807, 2.05) is 24.3 Å². The van der Waals surface area contributed by atoms with Crippen molar-refractivity contribution in [2.45, 2.75) is 25.8 Å². The van der Waals surface area contributed by atoms with Gasteiger partial charge in [-0.15, -0.1) is 0 Å². The van der Waals surface area contributed by atoms with Crippen molar-refractivity contribution in [3.8, 4) is 0 Å². The molecule has 1 aliphatic rings. The van der Waals surface area contributed by atoms with E-state index in [4.69, 9.17) is 0 Å². The zero-order valence-electron chi connectivity index (χ0n) is 20.1. The number of fused-ring (bicyclic) bond motifs is 2. The van der Waals surface area contributed by atoms with Crippen LogP contribution in [0.15, 0.2) is 64.4 Å². The monoisotopic (exact) mass is 486 g/mol. The number of imidazole rings is 1. The number of anilines is 2. The summed E-state index contributed by atoms with van der Waals surface area (Å²) in [6.07, 6.45) is 3.07. The predicted octanol–water partition coefficient (Wildman–Crippen LogP) is 2.06. The van der Waals surface area contributed by atoms with Crippen LogP contribution in [-0.2, 0) is 31.9 Å². The van der Waals surface area contributed by atoms with Gasteiger partial charge in [-0.3, -0.25) is 23.5 Å². The molecule has 0 saturated heterocycles. The van der Waals surface area contributed by atoms with Crippen molar-refractivity contribution < 1.29 is 9.59 Å². The Kier molecular flexibility index (Phi) is 6.01. The van der Waals surface area contributed by atoms with Gasteiger partial charge in [0.1, 0.15) is 0 Å². The number of amides is 2. The lowest BCUT2D eigenvalue weighted by molar-refractivity contribution is -0.116. The summed E-state index contributed by atoms with van der Waals surface area (Å²) < 4.78 is 4.04. The molecule has 2 aromatic carbocycles. The van der Waals surface area contributed by atoms with Crippen molar-refractivity contribution >= 4 is 34.4 Å². The van der Waals surface area contributed by atoms with Gasteiger partial charge in [0, 0.05) is 50.5 Å². The van der Waals surface area contributed by atoms with Crippen LogP contribution in [0.25, 0.3) is 11.2 Å². The summed E-state index contributed by atoms with van der Waals surface area (Å²) in [6.45, 7) is 1.06. The number of carbonyl (C=O) groups excluding carboxylic acids is 2. The number of nitrogens with one attached hydrogen (secondary N) is 1. The zero-order valence-corrected chi connectivity index (χ0v) is 20.1. The average molecular weight is 487 g/mol. The van der Waals surface area contributed by atoms with Gasteiger partial charge in [0.2, 0.25) is 5.91 Å². The third-order valence-electron chi connectivity index (χ3n) is 6.57. The van der Waals surface area contributed by atoms with Gasteiger partial charge >= 0.3 is 5.69 Å². The molecule has 10 nitrogen and oxygen atoms in total. The van der Waals surface area contributed by atoms with E-state index in [1.165, 1.54) is 23.5 Å². The van der Waals surface area contributed by atoms with Crippen molar-refractivity contribution in [1.29, 1.82) is 0 Å². The molecule has 1 N–H and O–H groups in total. The van der Waals surface area contributed by atoms with E-state index >= 15 is 0 Å². The van der Waals surface area contributed by atoms with Gasteiger partial charge in [-0.1, -0.05) is 18.2 Å². The molecule has 0 fully saturated rings. The van der Waals surface area contributed by atoms with Gasteiger partial charge in [-0.25, -0.2) is 9.78 Å². The number of hydrogen-bond acceptors (Lipinski definition) is 5. The minimum absolute atomic E-state index is 0.0611. The van der Waals surface area contributed by atoms with Gasteiger partial charge in [-0.05, 0) is 48.7 Å². The van der Waals surface area contributed by atoms with Gasteiger partial charge in [0.05, 0.1) is 6.33 Å². The van der Waals surface area contributed by atoms with Crippen LogP contribution in [0.4, 0.5) is 11.4 Å². The van der Waals surface area contributed by atoms with Crippen molar-refractivity contribution in [2.24, 2.45) is 14.1 Å². The Balaban J connectivity index is 1.19. The minimum Gasteiger partial charge on any atom is -0.326 e. The average Bonchev–Trinajstić information content (AvgIpc) is 3.51. The van der Waals surface area contributed by atoms with Gasteiger partial charge in [0.25, 0.3) is 11.5 Å². The quantitative estimate of drug-likeness (QED) is 0.449. The molecular formula is C26H26N6O4. The van der Waals surface area contributed by atoms with Gasteiger partial charge in [0.15, 0.2) is 11.2 Å². The summed E-state index contributed by atoms with van der Waals surface area (Å²) >= 11 is 0. The van der Waals surface area contributed by atoms with E-state index in [2.05, 4.69) is 10.3 Å². The zero-order chi connectivity index (χ0) is 25.4. The number of rotatable bonds is 6. The highest BCUT2D eigenvalue weighted by atomic mass is 16.2. The smallest absolute Gasteiger partial charge is 0.326 e. The molecule has 184 valence electrons. The summed E-state index contributed by atoms with van der Waals surface area (Å²) in [7, 11) is 3.00. The number of para-hydroxylation sites is 1. The maximum atomic E-state index is 13.0. The maximum Gasteiger partial charge on any atom is 0.332 e. The molecule has 0 bridgehead atoms. The number of benzene rings is 2. The molecule has 36 heavy (non-hydrogen) atoms. The number of aryl methyl sites for hydroxylation is 2. The van der Waals surface area contributed by atoms with Crippen LogP contribution in [-0.4, -0.2) is 37.0 Å². The number of carbonyl (C=O) groups is 2. The molecule has 5 rings (SSSR count). The Morgan fingerprint density at radius 3 is 2.53 bits per heavy atom. The van der Waals surface area contributed by atoms with E-state index in [-0.39, 0.29) is 18.2 Å². The molecule has 0 spiro atoms. The molecule has 0 aliphatic carbocycles. The second kappa shape index (κ2) is 9.29. The second-order valence-electron chi connectivity index (χ2n) is 8.88. The van der Waals surface area contributed by atoms with Crippen molar-refractivity contribution in [1.82, 2.24) is 18.7 Å². The molecule has 0 radical (unpaired) electrons. The summed E-state index contributed by atoms with van der Waals surface area (Å²) in [5.74, 6) is -0.235. The highest BCUT2D eigenvalue weighted by Gasteiger charge is 2.25. The standard InChI is InChI=1S/C26H26N6O4/c1-29-23-22(25(35)30(2)26(29)36)31(16-27-23)14-5-8-21(33)28-19-11-9-18(10-12-19)24(34)32-15-13-17-6-3-4-7-20(17)32/h3-4,6-7,9-12,16H,5,8,13-15H2,1-2H3,(H,28,33). The maximum absolute atomic E-state index is 13.0. The molecule has 3 heterocycles. The Morgan fingerprint density at radius 1 is 1.00 bits per heavy atom. The Bertz CT molecular complexity index is 1600. The van der Waals surface area contributed by atoms with Crippen LogP contribution >= 0.6 is 0 Å². The molecule has 0 unspecified atom stereocenters. The summed E-state index contributed by atoms with van der Waals surface area (Å²) in [5, 5.41) is 2.85. The third kappa shape index (κ3) is 4.10. The number of hydrogen-bond donors (Lipinski definition) is 1. The van der Waals surface area contributed by atoms with Crippen molar-refractivity contribution in [3.63, 3.8) is 0 Å². The van der Waals surface area contributed by atoms with E-state index in [1.54, 1.807) is 40.8 Å². The number of aromatic nitrogens is 4. The highest BCUT2D eigenvalue weighted by Crippen LogP contribution is 2.29. The molecule has 10 heteroatoms. The summed E-state index contributed by atoms with van der Waals surface area (Å²) in [6, 6.07) is 14.8. The topological polar surface area (TPSA) is 111 Å². The van der Waals surface area contributed by atoms with Crippen LogP contribution in [0.3, 0.4) is 0 Å². The van der Waals surface area contributed by atoms with E-state index in [0.29, 0.717) is 41.9 Å². The molecule has 2 amide bonds.